The minimum absolute atomic E-state index is 0.293. The third-order valence-electron chi connectivity index (χ3n) is 2.57. The van der Waals surface area contributed by atoms with Crippen LogP contribution in [0.4, 0.5) is 4.39 Å². The van der Waals surface area contributed by atoms with E-state index in [9.17, 15) is 9.18 Å². The Morgan fingerprint density at radius 2 is 1.80 bits per heavy atom. The number of esters is 1. The Labute approximate surface area is 116 Å². The number of hydrogen-bond donors (Lipinski definition) is 0. The van der Waals surface area contributed by atoms with E-state index in [0.717, 1.165) is 5.56 Å². The molecule has 0 radical (unpaired) electrons. The van der Waals surface area contributed by atoms with Gasteiger partial charge in [-0.25, -0.2) is 9.18 Å². The highest BCUT2D eigenvalue weighted by Gasteiger charge is 2.02. The second-order valence-corrected chi connectivity index (χ2v) is 3.95. The molecular formula is C16H13FO3. The minimum atomic E-state index is -0.539. The quantitative estimate of drug-likeness (QED) is 0.486. The van der Waals surface area contributed by atoms with E-state index in [2.05, 4.69) is 0 Å². The lowest BCUT2D eigenvalue weighted by Gasteiger charge is -2.03. The number of halogens is 1. The Bertz CT molecular complexity index is 618. The molecule has 3 nitrogen and oxygen atoms in total. The molecule has 0 aliphatic heterocycles. The van der Waals surface area contributed by atoms with Crippen LogP contribution in [0.1, 0.15) is 5.56 Å². The first-order valence-electron chi connectivity index (χ1n) is 5.97. The molecule has 102 valence electrons. The lowest BCUT2D eigenvalue weighted by atomic mass is 10.2. The average molecular weight is 272 g/mol. The number of ether oxygens (including phenoxy) is 2. The minimum Gasteiger partial charge on any atom is -0.496 e. The molecule has 0 aliphatic carbocycles. The first-order valence-corrected chi connectivity index (χ1v) is 5.97. The Morgan fingerprint density at radius 1 is 1.10 bits per heavy atom. The highest BCUT2D eigenvalue weighted by molar-refractivity contribution is 5.89. The van der Waals surface area contributed by atoms with Gasteiger partial charge in [0.1, 0.15) is 17.3 Å². The maximum absolute atomic E-state index is 12.7. The molecule has 20 heavy (non-hydrogen) atoms. The fraction of sp³-hybridized carbons (Fsp3) is 0.0625. The van der Waals surface area contributed by atoms with Crippen LogP contribution < -0.4 is 9.47 Å². The van der Waals surface area contributed by atoms with Gasteiger partial charge >= 0.3 is 5.97 Å². The molecule has 0 atom stereocenters. The van der Waals surface area contributed by atoms with Crippen LogP contribution in [0, 0.1) is 5.82 Å². The van der Waals surface area contributed by atoms with Crippen molar-refractivity contribution in [3.8, 4) is 11.5 Å². The molecule has 0 spiro atoms. The van der Waals surface area contributed by atoms with Crippen LogP contribution in [-0.2, 0) is 4.79 Å². The predicted molar refractivity (Wildman–Crippen MR) is 74.1 cm³/mol. The number of carbonyl (C=O) groups excluding carboxylic acids is 1. The summed E-state index contributed by atoms with van der Waals surface area (Å²) in [6.45, 7) is 0. The Morgan fingerprint density at radius 3 is 2.50 bits per heavy atom. The third kappa shape index (κ3) is 3.68. The van der Waals surface area contributed by atoms with Gasteiger partial charge in [0.2, 0.25) is 0 Å². The van der Waals surface area contributed by atoms with Gasteiger partial charge in [0.05, 0.1) is 7.11 Å². The van der Waals surface area contributed by atoms with Crippen LogP contribution in [0.3, 0.4) is 0 Å². The summed E-state index contributed by atoms with van der Waals surface area (Å²) in [6, 6.07) is 12.5. The zero-order valence-corrected chi connectivity index (χ0v) is 10.9. The van der Waals surface area contributed by atoms with E-state index in [1.54, 1.807) is 19.3 Å². The molecule has 0 aliphatic rings. The monoisotopic (exact) mass is 272 g/mol. The van der Waals surface area contributed by atoms with Gasteiger partial charge in [-0.15, -0.1) is 0 Å². The van der Waals surface area contributed by atoms with Gasteiger partial charge in [0, 0.05) is 11.6 Å². The van der Waals surface area contributed by atoms with E-state index in [0.29, 0.717) is 11.5 Å². The molecule has 0 bridgehead atoms. The fourth-order valence-corrected chi connectivity index (χ4v) is 1.61. The highest BCUT2D eigenvalue weighted by atomic mass is 19.1. The number of para-hydroxylation sites is 1. The molecule has 0 saturated carbocycles. The van der Waals surface area contributed by atoms with E-state index in [4.69, 9.17) is 9.47 Å². The summed E-state index contributed by atoms with van der Waals surface area (Å²) >= 11 is 0. The third-order valence-corrected chi connectivity index (χ3v) is 2.57. The molecule has 0 aromatic heterocycles. The second kappa shape index (κ2) is 6.52. The summed E-state index contributed by atoms with van der Waals surface area (Å²) < 4.78 is 22.9. The molecule has 2 aromatic carbocycles. The van der Waals surface area contributed by atoms with Gasteiger partial charge in [0.15, 0.2) is 0 Å². The zero-order chi connectivity index (χ0) is 14.4. The van der Waals surface area contributed by atoms with Gasteiger partial charge in [-0.05, 0) is 36.4 Å². The average Bonchev–Trinajstić information content (AvgIpc) is 2.48. The van der Waals surface area contributed by atoms with Crippen molar-refractivity contribution in [3.05, 3.63) is 66.0 Å². The van der Waals surface area contributed by atoms with Crippen LogP contribution in [0.5, 0.6) is 11.5 Å². The van der Waals surface area contributed by atoms with Crippen LogP contribution >= 0.6 is 0 Å². The van der Waals surface area contributed by atoms with Gasteiger partial charge in [-0.3, -0.25) is 0 Å². The van der Waals surface area contributed by atoms with Crippen molar-refractivity contribution in [3.63, 3.8) is 0 Å². The lowest BCUT2D eigenvalue weighted by molar-refractivity contribution is -0.128. The fourth-order valence-electron chi connectivity index (χ4n) is 1.61. The molecule has 4 heteroatoms. The number of rotatable bonds is 4. The van der Waals surface area contributed by atoms with Crippen molar-refractivity contribution >= 4 is 12.0 Å². The summed E-state index contributed by atoms with van der Waals surface area (Å²) in [5, 5.41) is 0. The first kappa shape index (κ1) is 13.8. The summed E-state index contributed by atoms with van der Waals surface area (Å²) in [7, 11) is 1.56. The SMILES string of the molecule is COc1ccccc1/C=C/C(=O)Oc1ccc(F)cc1. The van der Waals surface area contributed by atoms with Crippen molar-refractivity contribution in [1.82, 2.24) is 0 Å². The van der Waals surface area contributed by atoms with Gasteiger partial charge in [-0.2, -0.15) is 0 Å². The molecule has 0 unspecified atom stereocenters. The van der Waals surface area contributed by atoms with Crippen LogP contribution in [0.25, 0.3) is 6.08 Å². The predicted octanol–water partition coefficient (Wildman–Crippen LogP) is 3.45. The topological polar surface area (TPSA) is 35.5 Å². The summed E-state index contributed by atoms with van der Waals surface area (Å²) in [4.78, 5) is 11.6. The summed E-state index contributed by atoms with van der Waals surface area (Å²) in [5.74, 6) is 0.0382. The Balaban J connectivity index is 2.04. The van der Waals surface area contributed by atoms with Crippen molar-refractivity contribution in [2.75, 3.05) is 7.11 Å². The van der Waals surface area contributed by atoms with Gasteiger partial charge < -0.3 is 9.47 Å². The van der Waals surface area contributed by atoms with Crippen LogP contribution in [0.15, 0.2) is 54.6 Å². The van der Waals surface area contributed by atoms with E-state index in [1.165, 1.54) is 30.3 Å². The van der Waals surface area contributed by atoms with Crippen molar-refractivity contribution in [2.45, 2.75) is 0 Å². The van der Waals surface area contributed by atoms with Crippen molar-refractivity contribution < 1.29 is 18.7 Å². The van der Waals surface area contributed by atoms with Crippen molar-refractivity contribution in [2.24, 2.45) is 0 Å². The Hall–Kier alpha value is -2.62. The number of carbonyl (C=O) groups is 1. The van der Waals surface area contributed by atoms with E-state index in [-0.39, 0.29) is 5.82 Å². The first-order chi connectivity index (χ1) is 9.69. The number of benzene rings is 2. The number of hydrogen-bond acceptors (Lipinski definition) is 3. The van der Waals surface area contributed by atoms with E-state index < -0.39 is 5.97 Å². The molecule has 0 amide bonds. The maximum atomic E-state index is 12.7. The molecule has 2 aromatic rings. The smallest absolute Gasteiger partial charge is 0.336 e. The van der Waals surface area contributed by atoms with Crippen molar-refractivity contribution in [1.29, 1.82) is 0 Å². The van der Waals surface area contributed by atoms with Crippen LogP contribution in [-0.4, -0.2) is 13.1 Å². The van der Waals surface area contributed by atoms with Gasteiger partial charge in [-0.1, -0.05) is 18.2 Å². The molecular weight excluding hydrogens is 259 g/mol. The number of methoxy groups -OCH3 is 1. The van der Waals surface area contributed by atoms with Crippen LogP contribution in [0.2, 0.25) is 0 Å². The molecule has 0 heterocycles. The lowest BCUT2D eigenvalue weighted by Crippen LogP contribution is -2.03. The van der Waals surface area contributed by atoms with E-state index >= 15 is 0 Å². The normalized spacial score (nSPS) is 10.5. The zero-order valence-electron chi connectivity index (χ0n) is 10.9. The molecule has 2 rings (SSSR count). The molecule has 0 saturated heterocycles. The highest BCUT2D eigenvalue weighted by Crippen LogP contribution is 2.19. The largest absolute Gasteiger partial charge is 0.496 e. The Kier molecular flexibility index (Phi) is 4.50. The van der Waals surface area contributed by atoms with E-state index in [1.807, 2.05) is 18.2 Å². The van der Waals surface area contributed by atoms with Gasteiger partial charge in [0.25, 0.3) is 0 Å². The standard InChI is InChI=1S/C16H13FO3/c1-19-15-5-3-2-4-12(15)6-11-16(18)20-14-9-7-13(17)8-10-14/h2-11H,1H3/b11-6+. The second-order valence-electron chi connectivity index (χ2n) is 3.95. The maximum Gasteiger partial charge on any atom is 0.336 e. The summed E-state index contributed by atoms with van der Waals surface area (Å²) in [6.07, 6.45) is 2.89. The summed E-state index contributed by atoms with van der Waals surface area (Å²) in [5.41, 5.74) is 0.769. The molecule has 0 N–H and O–H groups in total. The molecule has 0 fully saturated rings.